The van der Waals surface area contributed by atoms with Crippen LogP contribution < -0.4 is 5.32 Å². The van der Waals surface area contributed by atoms with Crippen LogP contribution >= 0.6 is 0 Å². The van der Waals surface area contributed by atoms with Gasteiger partial charge >= 0.3 is 12.1 Å². The summed E-state index contributed by atoms with van der Waals surface area (Å²) in [5, 5.41) is 2.72. The molecule has 0 spiro atoms. The molecule has 1 fully saturated rings. The Hall–Kier alpha value is -1.26. The monoisotopic (exact) mass is 271 g/mol. The second-order valence-corrected chi connectivity index (χ2v) is 5.04. The van der Waals surface area contributed by atoms with Gasteiger partial charge in [0.15, 0.2) is 0 Å². The molecule has 0 saturated heterocycles. The van der Waals surface area contributed by atoms with E-state index in [0.29, 0.717) is 26.1 Å². The van der Waals surface area contributed by atoms with Crippen molar-refractivity contribution >= 4 is 12.1 Å². The first-order valence-electron chi connectivity index (χ1n) is 7.27. The van der Waals surface area contributed by atoms with E-state index in [1.165, 1.54) is 0 Å². The predicted molar refractivity (Wildman–Crippen MR) is 71.8 cm³/mol. The molecule has 0 aromatic heterocycles. The van der Waals surface area contributed by atoms with Gasteiger partial charge in [0.1, 0.15) is 5.54 Å². The average Bonchev–Trinajstić information content (AvgIpc) is 2.86. The second-order valence-electron chi connectivity index (χ2n) is 5.04. The Bertz CT molecular complexity index is 298. The molecule has 5 heteroatoms. The molecule has 1 amide bonds. The molecule has 1 aliphatic rings. The Labute approximate surface area is 115 Å². The molecule has 0 aliphatic heterocycles. The van der Waals surface area contributed by atoms with Crippen LogP contribution in [0.4, 0.5) is 4.79 Å². The first-order chi connectivity index (χ1) is 9.14. The van der Waals surface area contributed by atoms with Gasteiger partial charge in [-0.25, -0.2) is 9.59 Å². The molecule has 1 saturated carbocycles. The third kappa shape index (κ3) is 4.73. The molecule has 0 unspecified atom stereocenters. The van der Waals surface area contributed by atoms with Crippen molar-refractivity contribution in [1.29, 1.82) is 0 Å². The largest absolute Gasteiger partial charge is 0.464 e. The molecule has 1 aliphatic carbocycles. The van der Waals surface area contributed by atoms with Crippen molar-refractivity contribution in [3.63, 3.8) is 0 Å². The summed E-state index contributed by atoms with van der Waals surface area (Å²) in [4.78, 5) is 23.8. The van der Waals surface area contributed by atoms with E-state index in [9.17, 15) is 9.59 Å². The van der Waals surface area contributed by atoms with Crippen LogP contribution in [0.2, 0.25) is 0 Å². The SMILES string of the molecule is CCCCOC(=O)C1(NC(=O)OCCC)CCCC1. The average molecular weight is 271 g/mol. The lowest BCUT2D eigenvalue weighted by Crippen LogP contribution is -2.53. The van der Waals surface area contributed by atoms with Gasteiger partial charge in [0.05, 0.1) is 13.2 Å². The van der Waals surface area contributed by atoms with Crippen LogP contribution in [0.5, 0.6) is 0 Å². The number of amides is 1. The smallest absolute Gasteiger partial charge is 0.408 e. The van der Waals surface area contributed by atoms with Gasteiger partial charge in [0, 0.05) is 0 Å². The van der Waals surface area contributed by atoms with Gasteiger partial charge in [-0.05, 0) is 25.7 Å². The predicted octanol–water partition coefficient (Wildman–Crippen LogP) is 2.78. The Balaban J connectivity index is 2.53. The van der Waals surface area contributed by atoms with E-state index in [1.54, 1.807) is 0 Å². The van der Waals surface area contributed by atoms with E-state index < -0.39 is 11.6 Å². The zero-order chi connectivity index (χ0) is 14.1. The summed E-state index contributed by atoms with van der Waals surface area (Å²) in [7, 11) is 0. The molecule has 110 valence electrons. The fraction of sp³-hybridized carbons (Fsp3) is 0.857. The van der Waals surface area contributed by atoms with Crippen LogP contribution in [0.15, 0.2) is 0 Å². The zero-order valence-electron chi connectivity index (χ0n) is 12.0. The molecule has 0 aromatic carbocycles. The summed E-state index contributed by atoms with van der Waals surface area (Å²) in [6.07, 6.45) is 5.21. The molecule has 0 aromatic rings. The van der Waals surface area contributed by atoms with Crippen molar-refractivity contribution in [2.24, 2.45) is 0 Å². The summed E-state index contributed by atoms with van der Waals surface area (Å²) >= 11 is 0. The van der Waals surface area contributed by atoms with Gasteiger partial charge in [-0.3, -0.25) is 0 Å². The quantitative estimate of drug-likeness (QED) is 0.571. The van der Waals surface area contributed by atoms with Gasteiger partial charge in [-0.1, -0.05) is 33.1 Å². The van der Waals surface area contributed by atoms with Gasteiger partial charge < -0.3 is 14.8 Å². The number of nitrogens with one attached hydrogen (secondary N) is 1. The van der Waals surface area contributed by atoms with E-state index in [4.69, 9.17) is 9.47 Å². The summed E-state index contributed by atoms with van der Waals surface area (Å²) < 4.78 is 10.3. The first kappa shape index (κ1) is 15.8. The molecule has 1 rings (SSSR count). The van der Waals surface area contributed by atoms with Gasteiger partial charge in [-0.15, -0.1) is 0 Å². The number of alkyl carbamates (subject to hydrolysis) is 1. The Morgan fingerprint density at radius 1 is 1.05 bits per heavy atom. The van der Waals surface area contributed by atoms with E-state index in [0.717, 1.165) is 32.1 Å². The van der Waals surface area contributed by atoms with Gasteiger partial charge in [0.2, 0.25) is 0 Å². The lowest BCUT2D eigenvalue weighted by molar-refractivity contribution is -0.151. The Morgan fingerprint density at radius 3 is 2.32 bits per heavy atom. The third-order valence-electron chi connectivity index (χ3n) is 3.36. The van der Waals surface area contributed by atoms with Crippen molar-refractivity contribution in [3.8, 4) is 0 Å². The highest BCUT2D eigenvalue weighted by Gasteiger charge is 2.44. The van der Waals surface area contributed by atoms with E-state index in [2.05, 4.69) is 5.32 Å². The fourth-order valence-corrected chi connectivity index (χ4v) is 2.23. The van der Waals surface area contributed by atoms with E-state index >= 15 is 0 Å². The van der Waals surface area contributed by atoms with Crippen molar-refractivity contribution in [2.75, 3.05) is 13.2 Å². The number of carbonyl (C=O) groups excluding carboxylic acids is 2. The highest BCUT2D eigenvalue weighted by atomic mass is 16.6. The van der Waals surface area contributed by atoms with Crippen molar-refractivity contribution < 1.29 is 19.1 Å². The molecule has 0 bridgehead atoms. The second kappa shape index (κ2) is 8.02. The van der Waals surface area contributed by atoms with Gasteiger partial charge in [-0.2, -0.15) is 0 Å². The molecular formula is C14H25NO4. The van der Waals surface area contributed by atoms with Crippen molar-refractivity contribution in [1.82, 2.24) is 5.32 Å². The Kier molecular flexibility index (Phi) is 6.67. The summed E-state index contributed by atoms with van der Waals surface area (Å²) in [6.45, 7) is 4.76. The maximum Gasteiger partial charge on any atom is 0.408 e. The summed E-state index contributed by atoms with van der Waals surface area (Å²) in [5.74, 6) is -0.313. The van der Waals surface area contributed by atoms with Crippen LogP contribution in [0.1, 0.15) is 58.8 Å². The lowest BCUT2D eigenvalue weighted by Gasteiger charge is -2.27. The minimum atomic E-state index is -0.863. The molecule has 0 heterocycles. The molecule has 1 N–H and O–H groups in total. The van der Waals surface area contributed by atoms with Crippen molar-refractivity contribution in [3.05, 3.63) is 0 Å². The number of hydrogen-bond acceptors (Lipinski definition) is 4. The number of rotatable bonds is 7. The number of unbranched alkanes of at least 4 members (excludes halogenated alkanes) is 1. The molecule has 0 atom stereocenters. The Morgan fingerprint density at radius 2 is 1.74 bits per heavy atom. The lowest BCUT2D eigenvalue weighted by atomic mass is 9.98. The molecule has 19 heavy (non-hydrogen) atoms. The fourth-order valence-electron chi connectivity index (χ4n) is 2.23. The summed E-state index contributed by atoms with van der Waals surface area (Å²) in [6, 6.07) is 0. The maximum absolute atomic E-state index is 12.2. The molecular weight excluding hydrogens is 246 g/mol. The number of esters is 1. The van der Waals surface area contributed by atoms with Crippen LogP contribution in [-0.2, 0) is 14.3 Å². The van der Waals surface area contributed by atoms with Crippen LogP contribution in [-0.4, -0.2) is 30.8 Å². The molecule has 5 nitrogen and oxygen atoms in total. The van der Waals surface area contributed by atoms with Crippen molar-refractivity contribution in [2.45, 2.75) is 64.3 Å². The normalized spacial score (nSPS) is 16.9. The number of hydrogen-bond donors (Lipinski definition) is 1. The van der Waals surface area contributed by atoms with Crippen LogP contribution in [0, 0.1) is 0 Å². The molecule has 0 radical (unpaired) electrons. The maximum atomic E-state index is 12.2. The zero-order valence-corrected chi connectivity index (χ0v) is 12.0. The number of ether oxygens (including phenoxy) is 2. The van der Waals surface area contributed by atoms with E-state index in [1.807, 2.05) is 13.8 Å². The third-order valence-corrected chi connectivity index (χ3v) is 3.36. The minimum Gasteiger partial charge on any atom is -0.464 e. The van der Waals surface area contributed by atoms with Gasteiger partial charge in [0.25, 0.3) is 0 Å². The first-order valence-corrected chi connectivity index (χ1v) is 7.27. The highest BCUT2D eigenvalue weighted by molar-refractivity contribution is 5.86. The minimum absolute atomic E-state index is 0.313. The summed E-state index contributed by atoms with van der Waals surface area (Å²) in [5.41, 5.74) is -0.863. The topological polar surface area (TPSA) is 64.6 Å². The standard InChI is InChI=1S/C14H25NO4/c1-3-5-11-18-12(16)14(8-6-7-9-14)15-13(17)19-10-4-2/h3-11H2,1-2H3,(H,15,17). The van der Waals surface area contributed by atoms with Crippen LogP contribution in [0.25, 0.3) is 0 Å². The highest BCUT2D eigenvalue weighted by Crippen LogP contribution is 2.31. The van der Waals surface area contributed by atoms with Crippen LogP contribution in [0.3, 0.4) is 0 Å². The van der Waals surface area contributed by atoms with E-state index in [-0.39, 0.29) is 5.97 Å². The number of carbonyl (C=O) groups is 2.